The molecule has 0 amide bonds. The summed E-state index contributed by atoms with van der Waals surface area (Å²) in [7, 11) is 1.21. The second kappa shape index (κ2) is 6.00. The first-order valence-corrected chi connectivity index (χ1v) is 4.98. The monoisotopic (exact) mass is 256 g/mol. The van der Waals surface area contributed by atoms with E-state index in [0.29, 0.717) is 0 Å². The molecule has 0 N–H and O–H groups in total. The third kappa shape index (κ3) is 3.44. The van der Waals surface area contributed by atoms with Crippen LogP contribution in [0.25, 0.3) is 0 Å². The number of Topliss-reactive ketones (excluding diaryl/α,β-unsaturated/α-hetero) is 2. The Bertz CT molecular complexity index is 465. The minimum atomic E-state index is -3.15. The third-order valence-electron chi connectivity index (χ3n) is 2.21. The molecular weight excluding hydrogens is 246 g/mol. The summed E-state index contributed by atoms with van der Waals surface area (Å²) in [4.78, 5) is 33.2. The van der Waals surface area contributed by atoms with E-state index in [-0.39, 0.29) is 11.1 Å². The van der Waals surface area contributed by atoms with Crippen LogP contribution in [0.2, 0.25) is 0 Å². The van der Waals surface area contributed by atoms with Crippen molar-refractivity contribution in [1.29, 1.82) is 0 Å². The van der Waals surface area contributed by atoms with Gasteiger partial charge in [-0.05, 0) is 12.1 Å². The number of carbonyl (C=O) groups excluding carboxylic acids is 3. The highest BCUT2D eigenvalue weighted by atomic mass is 19.3. The number of ether oxygens (including phenoxy) is 1. The Kier molecular flexibility index (Phi) is 4.65. The Morgan fingerprint density at radius 1 is 1.11 bits per heavy atom. The van der Waals surface area contributed by atoms with Gasteiger partial charge in [0.15, 0.2) is 5.78 Å². The third-order valence-corrected chi connectivity index (χ3v) is 2.21. The minimum Gasteiger partial charge on any atom is -0.465 e. The summed E-state index contributed by atoms with van der Waals surface area (Å²) in [6.45, 7) is 0. The van der Waals surface area contributed by atoms with Crippen LogP contribution in [0.4, 0.5) is 8.78 Å². The van der Waals surface area contributed by atoms with Crippen molar-refractivity contribution in [1.82, 2.24) is 0 Å². The maximum absolute atomic E-state index is 12.0. The molecule has 0 saturated carbocycles. The molecule has 0 aliphatic carbocycles. The minimum absolute atomic E-state index is 0.0941. The average molecular weight is 256 g/mol. The Balaban J connectivity index is 2.76. The van der Waals surface area contributed by atoms with Crippen LogP contribution in [0.3, 0.4) is 0 Å². The molecule has 6 heteroatoms. The molecule has 4 nitrogen and oxygen atoms in total. The number of benzene rings is 1. The number of rotatable bonds is 5. The van der Waals surface area contributed by atoms with Gasteiger partial charge in [0.1, 0.15) is 0 Å². The van der Waals surface area contributed by atoms with E-state index in [0.717, 1.165) is 0 Å². The van der Waals surface area contributed by atoms with Crippen molar-refractivity contribution in [3.05, 3.63) is 35.4 Å². The van der Waals surface area contributed by atoms with Gasteiger partial charge in [-0.15, -0.1) is 0 Å². The molecule has 96 valence electrons. The van der Waals surface area contributed by atoms with Gasteiger partial charge in [0.2, 0.25) is 5.78 Å². The van der Waals surface area contributed by atoms with E-state index in [2.05, 4.69) is 4.74 Å². The van der Waals surface area contributed by atoms with Crippen LogP contribution < -0.4 is 0 Å². The van der Waals surface area contributed by atoms with E-state index in [1.807, 2.05) is 0 Å². The first-order chi connectivity index (χ1) is 8.45. The fourth-order valence-electron chi connectivity index (χ4n) is 1.25. The summed E-state index contributed by atoms with van der Waals surface area (Å²) in [5, 5.41) is 0. The molecular formula is C12H10F2O4. The number of alkyl halides is 2. The highest BCUT2D eigenvalue weighted by Crippen LogP contribution is 2.10. The smallest absolute Gasteiger partial charge is 0.337 e. The lowest BCUT2D eigenvalue weighted by molar-refractivity contribution is -0.128. The second-order valence-corrected chi connectivity index (χ2v) is 3.44. The van der Waals surface area contributed by atoms with Crippen molar-refractivity contribution in [2.45, 2.75) is 12.8 Å². The lowest BCUT2D eigenvalue weighted by atomic mass is 10.0. The number of methoxy groups -OCH3 is 1. The van der Waals surface area contributed by atoms with E-state index < -0.39 is 30.4 Å². The Morgan fingerprint density at radius 2 is 1.61 bits per heavy atom. The molecule has 0 atom stereocenters. The quantitative estimate of drug-likeness (QED) is 0.458. The van der Waals surface area contributed by atoms with Gasteiger partial charge in [-0.3, -0.25) is 9.59 Å². The zero-order valence-electron chi connectivity index (χ0n) is 9.48. The Labute approximate surface area is 102 Å². The van der Waals surface area contributed by atoms with E-state index in [1.165, 1.54) is 31.4 Å². The molecule has 0 bridgehead atoms. The summed E-state index contributed by atoms with van der Waals surface area (Å²) in [6, 6.07) is 5.22. The van der Waals surface area contributed by atoms with Gasteiger partial charge in [0, 0.05) is 5.56 Å². The van der Waals surface area contributed by atoms with Gasteiger partial charge in [-0.25, -0.2) is 13.6 Å². The molecule has 1 aromatic rings. The zero-order chi connectivity index (χ0) is 13.7. The zero-order valence-corrected chi connectivity index (χ0v) is 9.48. The van der Waals surface area contributed by atoms with Crippen LogP contribution in [-0.4, -0.2) is 31.1 Å². The average Bonchev–Trinajstić information content (AvgIpc) is 2.37. The van der Waals surface area contributed by atoms with Crippen LogP contribution >= 0.6 is 0 Å². The van der Waals surface area contributed by atoms with E-state index in [9.17, 15) is 23.2 Å². The van der Waals surface area contributed by atoms with Gasteiger partial charge in [-0.1, -0.05) is 12.1 Å². The maximum Gasteiger partial charge on any atom is 0.337 e. The number of halogens is 2. The molecule has 0 aliphatic heterocycles. The fraction of sp³-hybridized carbons (Fsp3) is 0.250. The molecule has 0 spiro atoms. The molecule has 0 radical (unpaired) electrons. The van der Waals surface area contributed by atoms with E-state index in [1.54, 1.807) is 0 Å². The fourth-order valence-corrected chi connectivity index (χ4v) is 1.25. The summed E-state index contributed by atoms with van der Waals surface area (Å²) in [5.41, 5.74) is 0.325. The van der Waals surface area contributed by atoms with Crippen molar-refractivity contribution in [3.63, 3.8) is 0 Å². The molecule has 0 unspecified atom stereocenters. The summed E-state index contributed by atoms with van der Waals surface area (Å²) < 4.78 is 28.4. The summed E-state index contributed by atoms with van der Waals surface area (Å²) in [5.74, 6) is -2.70. The highest BCUT2D eigenvalue weighted by molar-refractivity contribution is 6.09. The number of hydrogen-bond donors (Lipinski definition) is 0. The van der Waals surface area contributed by atoms with Crippen molar-refractivity contribution < 1.29 is 27.9 Å². The standard InChI is InChI=1S/C12H10F2O4/c1-18-12(17)8-4-2-7(3-5-8)9(15)6-10(16)11(13)14/h2-5,11H,6H2,1H3. The molecule has 0 aliphatic rings. The van der Waals surface area contributed by atoms with E-state index >= 15 is 0 Å². The largest absolute Gasteiger partial charge is 0.465 e. The molecule has 0 fully saturated rings. The van der Waals surface area contributed by atoms with Crippen molar-refractivity contribution in [2.75, 3.05) is 7.11 Å². The lowest BCUT2D eigenvalue weighted by Gasteiger charge is -2.02. The second-order valence-electron chi connectivity index (χ2n) is 3.44. The first kappa shape index (κ1) is 14.0. The number of carbonyl (C=O) groups is 3. The molecule has 1 aromatic carbocycles. The Hall–Kier alpha value is -2.11. The predicted octanol–water partition coefficient (Wildman–Crippen LogP) is 1.88. The number of esters is 1. The summed E-state index contributed by atoms with van der Waals surface area (Å²) in [6.07, 6.45) is -4.00. The number of ketones is 2. The first-order valence-electron chi connectivity index (χ1n) is 4.98. The molecule has 0 aromatic heterocycles. The van der Waals surface area contributed by atoms with Crippen LogP contribution in [0.1, 0.15) is 27.1 Å². The van der Waals surface area contributed by atoms with Crippen LogP contribution in [0.5, 0.6) is 0 Å². The maximum atomic E-state index is 12.0. The molecule has 0 heterocycles. The normalized spacial score (nSPS) is 10.2. The highest BCUT2D eigenvalue weighted by Gasteiger charge is 2.20. The van der Waals surface area contributed by atoms with Gasteiger partial charge >= 0.3 is 5.97 Å². The van der Waals surface area contributed by atoms with Gasteiger partial charge in [-0.2, -0.15) is 0 Å². The van der Waals surface area contributed by atoms with Gasteiger partial charge in [0.25, 0.3) is 6.43 Å². The molecule has 18 heavy (non-hydrogen) atoms. The number of hydrogen-bond acceptors (Lipinski definition) is 4. The van der Waals surface area contributed by atoms with Crippen molar-refractivity contribution in [3.8, 4) is 0 Å². The Morgan fingerprint density at radius 3 is 2.06 bits per heavy atom. The van der Waals surface area contributed by atoms with Crippen LogP contribution in [0.15, 0.2) is 24.3 Å². The SMILES string of the molecule is COC(=O)c1ccc(C(=O)CC(=O)C(F)F)cc1. The van der Waals surface area contributed by atoms with Gasteiger partial charge < -0.3 is 4.74 Å². The van der Waals surface area contributed by atoms with Crippen LogP contribution in [0, 0.1) is 0 Å². The summed E-state index contributed by atoms with van der Waals surface area (Å²) >= 11 is 0. The molecule has 1 rings (SSSR count). The van der Waals surface area contributed by atoms with E-state index in [4.69, 9.17) is 0 Å². The lowest BCUT2D eigenvalue weighted by Crippen LogP contribution is -2.15. The van der Waals surface area contributed by atoms with Crippen molar-refractivity contribution >= 4 is 17.5 Å². The topological polar surface area (TPSA) is 60.4 Å². The predicted molar refractivity (Wildman–Crippen MR) is 57.7 cm³/mol. The van der Waals surface area contributed by atoms with Crippen LogP contribution in [-0.2, 0) is 9.53 Å². The molecule has 0 saturated heterocycles. The van der Waals surface area contributed by atoms with Gasteiger partial charge in [0.05, 0.1) is 19.1 Å². The van der Waals surface area contributed by atoms with Crippen molar-refractivity contribution in [2.24, 2.45) is 0 Å².